The maximum absolute atomic E-state index is 14.2. The average Bonchev–Trinajstić information content (AvgIpc) is 3.14. The highest BCUT2D eigenvalue weighted by atomic mass is 16.7. The first-order valence-corrected chi connectivity index (χ1v) is 19.5. The van der Waals surface area contributed by atoms with E-state index in [2.05, 4.69) is 5.32 Å². The van der Waals surface area contributed by atoms with E-state index in [1.807, 2.05) is 50.2 Å². The van der Waals surface area contributed by atoms with Crippen molar-refractivity contribution in [2.45, 2.75) is 141 Å². The van der Waals surface area contributed by atoms with Crippen LogP contribution in [0.3, 0.4) is 0 Å². The van der Waals surface area contributed by atoms with Gasteiger partial charge >= 0.3 is 12.1 Å². The molecule has 0 saturated carbocycles. The summed E-state index contributed by atoms with van der Waals surface area (Å²) in [6, 6.07) is 7.19. The number of carbonyl (C=O) groups is 3. The number of nitrogens with zero attached hydrogens (tertiary/aromatic N) is 1. The van der Waals surface area contributed by atoms with Gasteiger partial charge in [-0.1, -0.05) is 39.8 Å². The van der Waals surface area contributed by atoms with E-state index in [1.54, 1.807) is 48.7 Å². The van der Waals surface area contributed by atoms with Gasteiger partial charge in [0.15, 0.2) is 6.29 Å². The molecule has 1 amide bonds. The molecule has 0 bridgehead atoms. The fraction of sp³-hybridized carbons (Fsp3) is 0.780. The number of esters is 1. The maximum Gasteiger partial charge on any atom is 0.407 e. The number of aliphatic hydroxyl groups excluding tert-OH is 1. The van der Waals surface area contributed by atoms with Crippen molar-refractivity contribution in [2.75, 3.05) is 42.0 Å². The van der Waals surface area contributed by atoms with E-state index in [0.717, 1.165) is 11.3 Å². The van der Waals surface area contributed by atoms with Crippen molar-refractivity contribution >= 4 is 17.8 Å². The molecule has 2 aliphatic heterocycles. The third kappa shape index (κ3) is 11.2. The lowest BCUT2D eigenvalue weighted by Crippen LogP contribution is -2.61. The number of ether oxygens (including phenoxy) is 7. The van der Waals surface area contributed by atoms with Gasteiger partial charge in [0.1, 0.15) is 35.4 Å². The number of rotatable bonds is 11. The monoisotopic (exact) mass is 780 g/mol. The molecule has 2 heterocycles. The second kappa shape index (κ2) is 20.0. The smallest absolute Gasteiger partial charge is 0.407 e. The van der Waals surface area contributed by atoms with Gasteiger partial charge in [0.05, 0.1) is 36.9 Å². The Hall–Kier alpha value is -2.85. The molecule has 2 fully saturated rings. The third-order valence-corrected chi connectivity index (χ3v) is 11.8. The summed E-state index contributed by atoms with van der Waals surface area (Å²) in [7, 11) is 8.25. The first kappa shape index (κ1) is 46.5. The van der Waals surface area contributed by atoms with E-state index < -0.39 is 83.7 Å². The van der Waals surface area contributed by atoms with Crippen LogP contribution in [0, 0.1) is 23.7 Å². The molecule has 2 aliphatic rings. The molecular formula is C41H68N2O12. The van der Waals surface area contributed by atoms with E-state index in [1.165, 1.54) is 21.1 Å². The zero-order valence-corrected chi connectivity index (χ0v) is 35.2. The Kier molecular flexibility index (Phi) is 16.9. The number of carbonyl (C=O) groups excluding carboxylic acids is 3. The van der Waals surface area contributed by atoms with Crippen molar-refractivity contribution in [3.05, 3.63) is 29.8 Å². The standard InChI is InChI=1S/C41H68N2O12/c1-14-31-41(8,48)36(50-12)25(4)32(44)23(2)22-40(7,51-13)35(55-38-33(45)30(43(9)10)21-24(3)52-38)26(5)34(27(6)37(46)53-31)54-39(47)42-20-19-28-15-17-29(49-11)18-16-28/h15-18,23-27,30-31,33-36,38,45,48H,14,19-22H2,1-13H3,(H,42,47)/t23-,24-,25+,26+,27-,30+,31-,33-,34+,35-,36-,38+,40-,41-/m1/s1. The normalized spacial score (nSPS) is 38.2. The third-order valence-electron chi connectivity index (χ3n) is 11.8. The van der Waals surface area contributed by atoms with Gasteiger partial charge in [-0.2, -0.15) is 0 Å². The van der Waals surface area contributed by atoms with Crippen molar-refractivity contribution in [1.82, 2.24) is 10.2 Å². The van der Waals surface area contributed by atoms with Gasteiger partial charge in [-0.05, 0) is 85.2 Å². The van der Waals surface area contributed by atoms with Crippen LogP contribution in [0.25, 0.3) is 0 Å². The topological polar surface area (TPSA) is 172 Å². The number of amides is 1. The van der Waals surface area contributed by atoms with Gasteiger partial charge in [-0.25, -0.2) is 4.79 Å². The number of methoxy groups -OCH3 is 3. The average molecular weight is 781 g/mol. The van der Waals surface area contributed by atoms with Gasteiger partial charge in [0.2, 0.25) is 0 Å². The van der Waals surface area contributed by atoms with Crippen molar-refractivity contribution in [2.24, 2.45) is 23.7 Å². The van der Waals surface area contributed by atoms with Gasteiger partial charge in [0, 0.05) is 44.6 Å². The Morgan fingerprint density at radius 3 is 2.18 bits per heavy atom. The summed E-state index contributed by atoms with van der Waals surface area (Å²) in [5.74, 6) is -3.54. The molecule has 0 aliphatic carbocycles. The second-order valence-corrected chi connectivity index (χ2v) is 16.2. The van der Waals surface area contributed by atoms with E-state index in [4.69, 9.17) is 33.2 Å². The quantitative estimate of drug-likeness (QED) is 0.274. The number of hydrogen-bond acceptors (Lipinski definition) is 13. The van der Waals surface area contributed by atoms with Gasteiger partial charge in [-0.3, -0.25) is 9.59 Å². The lowest BCUT2D eigenvalue weighted by Gasteiger charge is -2.48. The minimum atomic E-state index is -1.76. The van der Waals surface area contributed by atoms with E-state index in [0.29, 0.717) is 12.8 Å². The van der Waals surface area contributed by atoms with Crippen molar-refractivity contribution < 1.29 is 57.8 Å². The van der Waals surface area contributed by atoms with Crippen molar-refractivity contribution in [1.29, 1.82) is 0 Å². The molecule has 3 N–H and O–H groups in total. The van der Waals surface area contributed by atoms with Crippen molar-refractivity contribution in [3.8, 4) is 5.75 Å². The largest absolute Gasteiger partial charge is 0.497 e. The van der Waals surface area contributed by atoms with E-state index in [-0.39, 0.29) is 37.3 Å². The first-order chi connectivity index (χ1) is 25.8. The predicted octanol–water partition coefficient (Wildman–Crippen LogP) is 4.15. The maximum atomic E-state index is 14.2. The van der Waals surface area contributed by atoms with Crippen LogP contribution in [0.4, 0.5) is 4.79 Å². The minimum absolute atomic E-state index is 0.131. The zero-order valence-electron chi connectivity index (χ0n) is 35.2. The highest BCUT2D eigenvalue weighted by Crippen LogP contribution is 2.40. The van der Waals surface area contributed by atoms with Crippen LogP contribution in [0.1, 0.15) is 80.2 Å². The second-order valence-electron chi connectivity index (χ2n) is 16.2. The Morgan fingerprint density at radius 1 is 1.00 bits per heavy atom. The number of hydrogen-bond donors (Lipinski definition) is 3. The summed E-state index contributed by atoms with van der Waals surface area (Å²) >= 11 is 0. The van der Waals surface area contributed by atoms with Crippen LogP contribution >= 0.6 is 0 Å². The molecule has 14 nitrogen and oxygen atoms in total. The fourth-order valence-corrected chi connectivity index (χ4v) is 8.48. The summed E-state index contributed by atoms with van der Waals surface area (Å²) in [4.78, 5) is 43.9. The Bertz CT molecular complexity index is 1390. The molecule has 55 heavy (non-hydrogen) atoms. The number of nitrogens with one attached hydrogen (secondary N) is 1. The Labute approximate surface area is 327 Å². The number of benzene rings is 1. The molecule has 1 aromatic rings. The minimum Gasteiger partial charge on any atom is -0.497 e. The van der Waals surface area contributed by atoms with Crippen LogP contribution < -0.4 is 10.1 Å². The highest BCUT2D eigenvalue weighted by Gasteiger charge is 2.53. The van der Waals surface area contributed by atoms with Crippen LogP contribution in [-0.2, 0) is 44.4 Å². The van der Waals surface area contributed by atoms with Crippen LogP contribution in [0.5, 0.6) is 5.75 Å². The van der Waals surface area contributed by atoms with Gasteiger partial charge in [-0.15, -0.1) is 0 Å². The summed E-state index contributed by atoms with van der Waals surface area (Å²) < 4.78 is 42.4. The van der Waals surface area contributed by atoms with E-state index >= 15 is 0 Å². The Balaban J connectivity index is 2.11. The zero-order chi connectivity index (χ0) is 41.4. The number of cyclic esters (lactones) is 1. The molecule has 14 heteroatoms. The molecule has 1 aromatic carbocycles. The predicted molar refractivity (Wildman–Crippen MR) is 206 cm³/mol. The fourth-order valence-electron chi connectivity index (χ4n) is 8.48. The van der Waals surface area contributed by atoms with Gasteiger partial charge in [0.25, 0.3) is 0 Å². The summed E-state index contributed by atoms with van der Waals surface area (Å²) in [5, 5.41) is 26.3. The number of alkyl carbamates (subject to hydrolysis) is 1. The number of likely N-dealkylation sites (N-methyl/N-ethyl adjacent to an activating group) is 1. The molecule has 0 unspecified atom stereocenters. The summed E-state index contributed by atoms with van der Waals surface area (Å²) in [6.07, 6.45) is -6.10. The number of aliphatic hydroxyl groups is 2. The SMILES string of the molecule is CC[C@H]1OC(=O)[C@H](C)[C@@H](OC(=O)NCCc2ccc(OC)cc2)[C@H](C)[C@@H](O[C@@H]2O[C@H](C)C[C@H](N(C)C)[C@H]2O)[C@](C)(OC)C[C@@H](C)C(=O)[C@H](C)[C@@H](OC)[C@]1(C)O. The molecule has 0 spiro atoms. The lowest BCUT2D eigenvalue weighted by atomic mass is 9.73. The van der Waals surface area contributed by atoms with Crippen LogP contribution in [0.15, 0.2) is 24.3 Å². The van der Waals surface area contributed by atoms with Crippen molar-refractivity contribution in [3.63, 3.8) is 0 Å². The van der Waals surface area contributed by atoms with E-state index in [9.17, 15) is 24.6 Å². The number of Topliss-reactive ketones (excluding diaryl/α,β-unsaturated/α-hetero) is 1. The van der Waals surface area contributed by atoms with Gasteiger partial charge < -0.3 is 53.6 Å². The van der Waals surface area contributed by atoms with Crippen LogP contribution in [0.2, 0.25) is 0 Å². The molecule has 3 rings (SSSR count). The molecular weight excluding hydrogens is 712 g/mol. The molecule has 2 saturated heterocycles. The van der Waals surface area contributed by atoms with Crippen LogP contribution in [-0.4, -0.2) is 135 Å². The number of ketones is 1. The Morgan fingerprint density at radius 2 is 1.64 bits per heavy atom. The summed E-state index contributed by atoms with van der Waals surface area (Å²) in [5.41, 5.74) is -2.05. The first-order valence-electron chi connectivity index (χ1n) is 19.5. The molecule has 0 radical (unpaired) electrons. The molecule has 314 valence electrons. The highest BCUT2D eigenvalue weighted by molar-refractivity contribution is 5.83. The lowest BCUT2D eigenvalue weighted by molar-refractivity contribution is -0.301. The molecule has 0 aromatic heterocycles. The molecule has 14 atom stereocenters. The summed E-state index contributed by atoms with van der Waals surface area (Å²) in [6.45, 7) is 14.1.